The van der Waals surface area contributed by atoms with Gasteiger partial charge in [-0.25, -0.2) is 4.79 Å². The molecule has 2 aromatic rings. The standard InChI is InChI=1S/C18H18ClNO4/c1-13(24-16-5-3-2-4-6-16)18(22)23-12-17(21)20-11-14-7-9-15(19)10-8-14/h2-10,13H,11-12H2,1H3,(H,20,21)/t13-/m0/s1. The highest BCUT2D eigenvalue weighted by molar-refractivity contribution is 6.30. The molecule has 0 saturated heterocycles. The maximum atomic E-state index is 11.8. The first kappa shape index (κ1) is 17.8. The lowest BCUT2D eigenvalue weighted by atomic mass is 10.2. The van der Waals surface area contributed by atoms with Crippen LogP contribution in [-0.4, -0.2) is 24.6 Å². The molecule has 5 nitrogen and oxygen atoms in total. The first-order valence-corrected chi connectivity index (χ1v) is 7.82. The van der Waals surface area contributed by atoms with Gasteiger partial charge in [0.2, 0.25) is 0 Å². The Kier molecular flexibility index (Phi) is 6.63. The van der Waals surface area contributed by atoms with Gasteiger partial charge in [-0.3, -0.25) is 4.79 Å². The first-order valence-electron chi connectivity index (χ1n) is 7.44. The van der Waals surface area contributed by atoms with Crippen molar-refractivity contribution < 1.29 is 19.1 Å². The summed E-state index contributed by atoms with van der Waals surface area (Å²) in [6.07, 6.45) is -0.795. The van der Waals surface area contributed by atoms with Gasteiger partial charge in [-0.15, -0.1) is 0 Å². The van der Waals surface area contributed by atoms with Crippen molar-refractivity contribution in [2.24, 2.45) is 0 Å². The Morgan fingerprint density at radius 2 is 1.75 bits per heavy atom. The average Bonchev–Trinajstić information content (AvgIpc) is 2.60. The molecule has 2 aromatic carbocycles. The molecular formula is C18H18ClNO4. The molecule has 0 saturated carbocycles. The van der Waals surface area contributed by atoms with E-state index in [9.17, 15) is 9.59 Å². The van der Waals surface area contributed by atoms with E-state index >= 15 is 0 Å². The third kappa shape index (κ3) is 5.93. The topological polar surface area (TPSA) is 64.6 Å². The number of halogens is 1. The SMILES string of the molecule is C[C@H](Oc1ccccc1)C(=O)OCC(=O)NCc1ccc(Cl)cc1. The predicted octanol–water partition coefficient (Wildman–Crippen LogP) is 2.97. The van der Waals surface area contributed by atoms with Gasteiger partial charge in [0.15, 0.2) is 12.7 Å². The van der Waals surface area contributed by atoms with Crippen LogP contribution >= 0.6 is 11.6 Å². The van der Waals surface area contributed by atoms with E-state index in [1.807, 2.05) is 18.2 Å². The minimum atomic E-state index is -0.795. The fourth-order valence-electron chi connectivity index (χ4n) is 1.86. The average molecular weight is 348 g/mol. The van der Waals surface area contributed by atoms with E-state index in [-0.39, 0.29) is 12.5 Å². The second-order valence-electron chi connectivity index (χ2n) is 5.08. The molecule has 0 aromatic heterocycles. The second-order valence-corrected chi connectivity index (χ2v) is 5.52. The van der Waals surface area contributed by atoms with Crippen LogP contribution < -0.4 is 10.1 Å². The molecule has 0 aliphatic heterocycles. The van der Waals surface area contributed by atoms with Crippen LogP contribution in [0.2, 0.25) is 5.02 Å². The summed E-state index contributed by atoms with van der Waals surface area (Å²) in [6.45, 7) is 1.56. The van der Waals surface area contributed by atoms with E-state index in [0.29, 0.717) is 17.3 Å². The lowest BCUT2D eigenvalue weighted by molar-refractivity contribution is -0.154. The molecule has 2 rings (SSSR count). The summed E-state index contributed by atoms with van der Waals surface area (Å²) in [5, 5.41) is 3.29. The Bertz CT molecular complexity index is 673. The Balaban J connectivity index is 1.70. The molecule has 0 heterocycles. The van der Waals surface area contributed by atoms with Crippen molar-refractivity contribution in [3.05, 3.63) is 65.2 Å². The third-order valence-corrected chi connectivity index (χ3v) is 3.39. The maximum Gasteiger partial charge on any atom is 0.347 e. The summed E-state index contributed by atoms with van der Waals surface area (Å²) in [5.74, 6) is -0.417. The van der Waals surface area contributed by atoms with Crippen LogP contribution in [0.15, 0.2) is 54.6 Å². The number of hydrogen-bond acceptors (Lipinski definition) is 4. The summed E-state index contributed by atoms with van der Waals surface area (Å²) in [5.41, 5.74) is 0.903. The highest BCUT2D eigenvalue weighted by atomic mass is 35.5. The molecular weight excluding hydrogens is 330 g/mol. The van der Waals surface area contributed by atoms with Crippen LogP contribution in [0.4, 0.5) is 0 Å². The summed E-state index contributed by atoms with van der Waals surface area (Å²) in [6, 6.07) is 16.0. The van der Waals surface area contributed by atoms with Gasteiger partial charge in [0.1, 0.15) is 5.75 Å². The van der Waals surface area contributed by atoms with E-state index in [4.69, 9.17) is 21.1 Å². The first-order chi connectivity index (χ1) is 11.5. The Hall–Kier alpha value is -2.53. The molecule has 1 N–H and O–H groups in total. The summed E-state index contributed by atoms with van der Waals surface area (Å²) in [4.78, 5) is 23.5. The Morgan fingerprint density at radius 3 is 2.42 bits per heavy atom. The lowest BCUT2D eigenvalue weighted by Crippen LogP contribution is -2.32. The van der Waals surface area contributed by atoms with Crippen LogP contribution in [0.5, 0.6) is 5.75 Å². The van der Waals surface area contributed by atoms with E-state index in [1.54, 1.807) is 43.3 Å². The molecule has 0 aliphatic rings. The van der Waals surface area contributed by atoms with E-state index in [2.05, 4.69) is 5.32 Å². The summed E-state index contributed by atoms with van der Waals surface area (Å²) in [7, 11) is 0. The van der Waals surface area contributed by atoms with Crippen LogP contribution in [0, 0.1) is 0 Å². The number of rotatable bonds is 7. The van der Waals surface area contributed by atoms with Gasteiger partial charge in [0.05, 0.1) is 0 Å². The zero-order valence-corrected chi connectivity index (χ0v) is 14.0. The molecule has 1 atom stereocenters. The van der Waals surface area contributed by atoms with Gasteiger partial charge in [0.25, 0.3) is 5.91 Å². The monoisotopic (exact) mass is 347 g/mol. The largest absolute Gasteiger partial charge is 0.479 e. The van der Waals surface area contributed by atoms with Crippen molar-refractivity contribution >= 4 is 23.5 Å². The number of hydrogen-bond donors (Lipinski definition) is 1. The van der Waals surface area contributed by atoms with Gasteiger partial charge < -0.3 is 14.8 Å². The van der Waals surface area contributed by atoms with E-state index in [1.165, 1.54) is 0 Å². The molecule has 0 unspecified atom stereocenters. The smallest absolute Gasteiger partial charge is 0.347 e. The van der Waals surface area contributed by atoms with Gasteiger partial charge in [-0.2, -0.15) is 0 Å². The van der Waals surface area contributed by atoms with Crippen LogP contribution in [0.25, 0.3) is 0 Å². The van der Waals surface area contributed by atoms with Crippen LogP contribution in [0.1, 0.15) is 12.5 Å². The molecule has 0 fully saturated rings. The number of ether oxygens (including phenoxy) is 2. The van der Waals surface area contributed by atoms with Crippen molar-refractivity contribution in [3.8, 4) is 5.75 Å². The number of nitrogens with one attached hydrogen (secondary N) is 1. The van der Waals surface area contributed by atoms with Crippen molar-refractivity contribution in [1.82, 2.24) is 5.32 Å². The zero-order chi connectivity index (χ0) is 17.4. The minimum Gasteiger partial charge on any atom is -0.479 e. The normalized spacial score (nSPS) is 11.4. The number of carbonyl (C=O) groups is 2. The van der Waals surface area contributed by atoms with Gasteiger partial charge in [0, 0.05) is 11.6 Å². The van der Waals surface area contributed by atoms with Crippen LogP contribution in [0.3, 0.4) is 0 Å². The maximum absolute atomic E-state index is 11.8. The number of para-hydroxylation sites is 1. The fourth-order valence-corrected chi connectivity index (χ4v) is 1.99. The Labute approximate surface area is 145 Å². The van der Waals surface area contributed by atoms with Crippen molar-refractivity contribution in [2.75, 3.05) is 6.61 Å². The molecule has 0 aliphatic carbocycles. The minimum absolute atomic E-state index is 0.337. The zero-order valence-electron chi connectivity index (χ0n) is 13.2. The third-order valence-electron chi connectivity index (χ3n) is 3.14. The predicted molar refractivity (Wildman–Crippen MR) is 90.8 cm³/mol. The van der Waals surface area contributed by atoms with Gasteiger partial charge >= 0.3 is 5.97 Å². The highest BCUT2D eigenvalue weighted by Gasteiger charge is 2.17. The lowest BCUT2D eigenvalue weighted by Gasteiger charge is -2.13. The molecule has 1 amide bonds. The summed E-state index contributed by atoms with van der Waals surface area (Å²) >= 11 is 5.79. The van der Waals surface area contributed by atoms with Crippen molar-refractivity contribution in [1.29, 1.82) is 0 Å². The Morgan fingerprint density at radius 1 is 1.08 bits per heavy atom. The van der Waals surface area contributed by atoms with Crippen molar-refractivity contribution in [3.63, 3.8) is 0 Å². The molecule has 0 spiro atoms. The summed E-state index contributed by atoms with van der Waals surface area (Å²) < 4.78 is 10.4. The molecule has 6 heteroatoms. The molecule has 24 heavy (non-hydrogen) atoms. The van der Waals surface area contributed by atoms with Gasteiger partial charge in [-0.1, -0.05) is 41.9 Å². The molecule has 0 radical (unpaired) electrons. The van der Waals surface area contributed by atoms with E-state index in [0.717, 1.165) is 5.56 Å². The number of carbonyl (C=O) groups excluding carboxylic acids is 2. The number of benzene rings is 2. The fraction of sp³-hybridized carbons (Fsp3) is 0.222. The van der Waals surface area contributed by atoms with E-state index < -0.39 is 12.1 Å². The molecule has 0 bridgehead atoms. The number of amides is 1. The molecule has 126 valence electrons. The second kappa shape index (κ2) is 8.93. The van der Waals surface area contributed by atoms with Crippen molar-refractivity contribution in [2.45, 2.75) is 19.6 Å². The quantitative estimate of drug-likeness (QED) is 0.782. The highest BCUT2D eigenvalue weighted by Crippen LogP contribution is 2.11. The van der Waals surface area contributed by atoms with Crippen LogP contribution in [-0.2, 0) is 20.9 Å². The van der Waals surface area contributed by atoms with Gasteiger partial charge in [-0.05, 0) is 36.8 Å². The number of esters is 1.